The maximum atomic E-state index is 7.43. The molecule has 0 radical (unpaired) electrons. The molecular formula is C9H18LiN. The fraction of sp³-hybridized carbons (Fsp3) is 0.778. The summed E-state index contributed by atoms with van der Waals surface area (Å²) >= 11 is 0. The molecule has 60 valence electrons. The molecule has 2 heteroatoms. The smallest absolute Gasteiger partial charge is 0.343 e. The molecule has 0 atom stereocenters. The Labute approximate surface area is 82.6 Å². The zero-order valence-corrected chi connectivity index (χ0v) is 7.95. The standard InChI is InChI=1S/C9H18N.Li/c1-3-5-6-8-9(10)7-4-2;/h10H,2-8H2,1H3;/q-1;+1. The predicted molar refractivity (Wildman–Crippen MR) is 46.5 cm³/mol. The Kier molecular flexibility index (Phi) is 12.9. The fourth-order valence-electron chi connectivity index (χ4n) is 0.927. The van der Waals surface area contributed by atoms with E-state index in [4.69, 9.17) is 5.41 Å². The number of unbranched alkanes of at least 4 members (excludes halogenated alkanes) is 2. The van der Waals surface area contributed by atoms with Crippen molar-refractivity contribution in [3.05, 3.63) is 6.92 Å². The first-order valence-corrected chi connectivity index (χ1v) is 4.16. The number of nitrogens with one attached hydrogen (secondary N) is 1. The van der Waals surface area contributed by atoms with Gasteiger partial charge < -0.3 is 12.3 Å². The van der Waals surface area contributed by atoms with E-state index in [0.717, 1.165) is 25.0 Å². The van der Waals surface area contributed by atoms with Gasteiger partial charge in [0.25, 0.3) is 0 Å². The third kappa shape index (κ3) is 10.3. The molecule has 0 amide bonds. The van der Waals surface area contributed by atoms with Crippen molar-refractivity contribution in [1.82, 2.24) is 0 Å². The maximum absolute atomic E-state index is 7.43. The van der Waals surface area contributed by atoms with Crippen molar-refractivity contribution in [3.8, 4) is 0 Å². The molecule has 11 heavy (non-hydrogen) atoms. The van der Waals surface area contributed by atoms with Crippen LogP contribution in [0.1, 0.15) is 45.4 Å². The fourth-order valence-corrected chi connectivity index (χ4v) is 0.927. The number of hydrogen-bond donors (Lipinski definition) is 1. The van der Waals surface area contributed by atoms with Crippen LogP contribution in [0.15, 0.2) is 0 Å². The van der Waals surface area contributed by atoms with Gasteiger partial charge in [-0.25, -0.2) is 0 Å². The van der Waals surface area contributed by atoms with Crippen molar-refractivity contribution in [1.29, 1.82) is 5.41 Å². The van der Waals surface area contributed by atoms with Crippen molar-refractivity contribution in [2.45, 2.75) is 45.4 Å². The summed E-state index contributed by atoms with van der Waals surface area (Å²) in [6, 6.07) is 0. The average Bonchev–Trinajstić information content (AvgIpc) is 1.89. The minimum absolute atomic E-state index is 0. The molecule has 0 unspecified atom stereocenters. The van der Waals surface area contributed by atoms with Gasteiger partial charge in [-0.3, -0.25) is 0 Å². The normalized spacial score (nSPS) is 8.91. The van der Waals surface area contributed by atoms with E-state index in [1.165, 1.54) is 19.3 Å². The molecule has 0 fully saturated rings. The quantitative estimate of drug-likeness (QED) is 0.240. The molecule has 0 bridgehead atoms. The molecule has 0 heterocycles. The first kappa shape index (κ1) is 13.8. The zero-order chi connectivity index (χ0) is 7.82. The van der Waals surface area contributed by atoms with Gasteiger partial charge in [-0.1, -0.05) is 19.8 Å². The van der Waals surface area contributed by atoms with Gasteiger partial charge in [0.2, 0.25) is 0 Å². The molecule has 0 saturated heterocycles. The molecule has 0 spiro atoms. The summed E-state index contributed by atoms with van der Waals surface area (Å²) in [6.07, 6.45) is 6.46. The molecule has 1 nitrogen and oxygen atoms in total. The summed E-state index contributed by atoms with van der Waals surface area (Å²) in [4.78, 5) is 0. The van der Waals surface area contributed by atoms with Crippen molar-refractivity contribution < 1.29 is 18.9 Å². The molecule has 0 aliphatic carbocycles. The Morgan fingerprint density at radius 1 is 1.27 bits per heavy atom. The van der Waals surface area contributed by atoms with Gasteiger partial charge in [0.05, 0.1) is 0 Å². The molecule has 0 saturated carbocycles. The van der Waals surface area contributed by atoms with Gasteiger partial charge in [-0.2, -0.15) is 6.42 Å². The number of hydrogen-bond acceptors (Lipinski definition) is 1. The van der Waals surface area contributed by atoms with E-state index in [0.29, 0.717) is 0 Å². The summed E-state index contributed by atoms with van der Waals surface area (Å²) in [6.45, 7) is 5.90. The Balaban J connectivity index is 0. The van der Waals surface area contributed by atoms with E-state index < -0.39 is 0 Å². The summed E-state index contributed by atoms with van der Waals surface area (Å²) in [5.74, 6) is 0. The molecule has 1 N–H and O–H groups in total. The minimum Gasteiger partial charge on any atom is -0.343 e. The van der Waals surface area contributed by atoms with Crippen LogP contribution >= 0.6 is 0 Å². The van der Waals surface area contributed by atoms with Gasteiger partial charge >= 0.3 is 18.9 Å². The summed E-state index contributed by atoms with van der Waals surface area (Å²) in [7, 11) is 0. The first-order valence-electron chi connectivity index (χ1n) is 4.16. The second-order valence-electron chi connectivity index (χ2n) is 2.66. The SMILES string of the molecule is [CH2-]CCC(=N)CCCCC.[Li+]. The molecule has 0 aromatic carbocycles. The van der Waals surface area contributed by atoms with Crippen LogP contribution in [-0.4, -0.2) is 5.71 Å². The Hall–Kier alpha value is 0.267. The molecule has 0 aromatic rings. The van der Waals surface area contributed by atoms with Gasteiger partial charge in [0, 0.05) is 5.71 Å². The van der Waals surface area contributed by atoms with Crippen LogP contribution in [0.5, 0.6) is 0 Å². The van der Waals surface area contributed by atoms with E-state index in [2.05, 4.69) is 13.8 Å². The summed E-state index contributed by atoms with van der Waals surface area (Å²) in [5.41, 5.74) is 0.878. The van der Waals surface area contributed by atoms with E-state index >= 15 is 0 Å². The monoisotopic (exact) mass is 147 g/mol. The summed E-state index contributed by atoms with van der Waals surface area (Å²) in [5, 5.41) is 7.43. The molecule has 0 aliphatic rings. The largest absolute Gasteiger partial charge is 1.00 e. The van der Waals surface area contributed by atoms with Crippen LogP contribution in [0.4, 0.5) is 0 Å². The van der Waals surface area contributed by atoms with Crippen LogP contribution in [0.2, 0.25) is 0 Å². The molecule has 0 aliphatic heterocycles. The maximum Gasteiger partial charge on any atom is 1.00 e. The van der Waals surface area contributed by atoms with Gasteiger partial charge in [-0.15, -0.1) is 0 Å². The van der Waals surface area contributed by atoms with Crippen molar-refractivity contribution >= 4 is 5.71 Å². The Bertz CT molecular complexity index is 91.6. The average molecular weight is 147 g/mol. The third-order valence-electron chi connectivity index (χ3n) is 1.56. The third-order valence-corrected chi connectivity index (χ3v) is 1.56. The molecule has 0 aromatic heterocycles. The second-order valence-corrected chi connectivity index (χ2v) is 2.66. The Morgan fingerprint density at radius 2 is 1.91 bits per heavy atom. The Morgan fingerprint density at radius 3 is 2.36 bits per heavy atom. The first-order chi connectivity index (χ1) is 4.81. The summed E-state index contributed by atoms with van der Waals surface area (Å²) < 4.78 is 0. The van der Waals surface area contributed by atoms with Crippen LogP contribution in [0.25, 0.3) is 0 Å². The zero-order valence-electron chi connectivity index (χ0n) is 7.95. The number of rotatable bonds is 6. The van der Waals surface area contributed by atoms with E-state index in [1.54, 1.807) is 0 Å². The van der Waals surface area contributed by atoms with Crippen molar-refractivity contribution in [2.75, 3.05) is 0 Å². The van der Waals surface area contributed by atoms with Crippen molar-refractivity contribution in [2.24, 2.45) is 0 Å². The minimum atomic E-state index is 0. The predicted octanol–water partition coefficient (Wildman–Crippen LogP) is 0.205. The molecular weight excluding hydrogens is 129 g/mol. The van der Waals surface area contributed by atoms with Crippen LogP contribution in [0, 0.1) is 12.3 Å². The van der Waals surface area contributed by atoms with E-state index in [9.17, 15) is 0 Å². The van der Waals surface area contributed by atoms with Crippen LogP contribution < -0.4 is 18.9 Å². The van der Waals surface area contributed by atoms with Crippen LogP contribution in [0.3, 0.4) is 0 Å². The van der Waals surface area contributed by atoms with E-state index in [1.807, 2.05) is 0 Å². The topological polar surface area (TPSA) is 23.9 Å². The second kappa shape index (κ2) is 10.3. The van der Waals surface area contributed by atoms with E-state index in [-0.39, 0.29) is 18.9 Å². The van der Waals surface area contributed by atoms with Gasteiger partial charge in [-0.05, 0) is 19.3 Å². The van der Waals surface area contributed by atoms with Crippen LogP contribution in [-0.2, 0) is 0 Å². The van der Waals surface area contributed by atoms with Gasteiger partial charge in [0.15, 0.2) is 0 Å². The van der Waals surface area contributed by atoms with Crippen molar-refractivity contribution in [3.63, 3.8) is 0 Å². The molecule has 0 rings (SSSR count). The van der Waals surface area contributed by atoms with Gasteiger partial charge in [0.1, 0.15) is 0 Å².